The predicted molar refractivity (Wildman–Crippen MR) is 69.1 cm³/mol. The highest BCUT2D eigenvalue weighted by Gasteiger charge is 2.10. The van der Waals surface area contributed by atoms with Gasteiger partial charge in [0.05, 0.1) is 5.56 Å². The van der Waals surface area contributed by atoms with Gasteiger partial charge in [-0.15, -0.1) is 0 Å². The van der Waals surface area contributed by atoms with Gasteiger partial charge in [-0.1, -0.05) is 18.2 Å². The summed E-state index contributed by atoms with van der Waals surface area (Å²) < 4.78 is 5.64. The minimum atomic E-state index is -1.07. The SMILES string of the molecule is Cc1ccccc1Oc1ccc(N)c(C(=O)O)c1. The first kappa shape index (κ1) is 12.0. The average molecular weight is 243 g/mol. The summed E-state index contributed by atoms with van der Waals surface area (Å²) in [5.74, 6) is 0.0808. The Labute approximate surface area is 105 Å². The molecule has 2 aromatic carbocycles. The summed E-state index contributed by atoms with van der Waals surface area (Å²) in [5, 5.41) is 8.98. The average Bonchev–Trinajstić information content (AvgIpc) is 2.34. The molecule has 0 radical (unpaired) electrons. The van der Waals surface area contributed by atoms with Gasteiger partial charge in [0.25, 0.3) is 0 Å². The maximum atomic E-state index is 11.0. The number of nitrogen functional groups attached to an aromatic ring is 1. The maximum Gasteiger partial charge on any atom is 0.337 e. The normalized spacial score (nSPS) is 10.1. The lowest BCUT2D eigenvalue weighted by Crippen LogP contribution is -2.02. The number of para-hydroxylation sites is 1. The van der Waals surface area contributed by atoms with E-state index in [-0.39, 0.29) is 11.3 Å². The molecule has 0 atom stereocenters. The van der Waals surface area contributed by atoms with Crippen molar-refractivity contribution in [1.29, 1.82) is 0 Å². The Bertz CT molecular complexity index is 593. The third-order valence-electron chi connectivity index (χ3n) is 2.58. The van der Waals surface area contributed by atoms with Crippen LogP contribution in [0.5, 0.6) is 11.5 Å². The fourth-order valence-electron chi connectivity index (χ4n) is 1.58. The van der Waals surface area contributed by atoms with Crippen LogP contribution in [0.25, 0.3) is 0 Å². The molecule has 4 nitrogen and oxygen atoms in total. The zero-order valence-corrected chi connectivity index (χ0v) is 9.88. The van der Waals surface area contributed by atoms with Crippen molar-refractivity contribution in [2.24, 2.45) is 0 Å². The molecule has 3 N–H and O–H groups in total. The van der Waals surface area contributed by atoms with E-state index in [1.54, 1.807) is 6.07 Å². The van der Waals surface area contributed by atoms with Crippen molar-refractivity contribution in [2.45, 2.75) is 6.92 Å². The summed E-state index contributed by atoms with van der Waals surface area (Å²) in [6.45, 7) is 1.92. The van der Waals surface area contributed by atoms with Crippen LogP contribution in [-0.2, 0) is 0 Å². The van der Waals surface area contributed by atoms with E-state index >= 15 is 0 Å². The van der Waals surface area contributed by atoms with Gasteiger partial charge in [-0.05, 0) is 36.8 Å². The lowest BCUT2D eigenvalue weighted by Gasteiger charge is -2.09. The standard InChI is InChI=1S/C14H13NO3/c1-9-4-2-3-5-13(9)18-10-6-7-12(15)11(8-10)14(16)17/h2-8H,15H2,1H3,(H,16,17). The van der Waals surface area contributed by atoms with Crippen molar-refractivity contribution in [1.82, 2.24) is 0 Å². The highest BCUT2D eigenvalue weighted by Crippen LogP contribution is 2.27. The molecule has 0 bridgehead atoms. The summed E-state index contributed by atoms with van der Waals surface area (Å²) in [6.07, 6.45) is 0. The molecule has 0 saturated heterocycles. The monoisotopic (exact) mass is 243 g/mol. The lowest BCUT2D eigenvalue weighted by atomic mass is 10.1. The molecule has 18 heavy (non-hydrogen) atoms. The smallest absolute Gasteiger partial charge is 0.337 e. The van der Waals surface area contributed by atoms with Crippen LogP contribution in [0, 0.1) is 6.92 Å². The number of anilines is 1. The largest absolute Gasteiger partial charge is 0.478 e. The molecule has 0 aliphatic carbocycles. The molecule has 0 amide bonds. The second-order valence-corrected chi connectivity index (χ2v) is 3.92. The van der Waals surface area contributed by atoms with Gasteiger partial charge in [0.2, 0.25) is 0 Å². The molecule has 0 aliphatic heterocycles. The Hall–Kier alpha value is -2.49. The molecule has 92 valence electrons. The van der Waals surface area contributed by atoms with Crippen molar-refractivity contribution in [2.75, 3.05) is 5.73 Å². The number of benzene rings is 2. The van der Waals surface area contributed by atoms with E-state index in [1.165, 1.54) is 12.1 Å². The number of rotatable bonds is 3. The van der Waals surface area contributed by atoms with Gasteiger partial charge in [0, 0.05) is 5.69 Å². The number of hydrogen-bond acceptors (Lipinski definition) is 3. The number of ether oxygens (including phenoxy) is 1. The number of carboxylic acid groups (broad SMARTS) is 1. The summed E-state index contributed by atoms with van der Waals surface area (Å²) in [4.78, 5) is 11.0. The minimum Gasteiger partial charge on any atom is -0.478 e. The van der Waals surface area contributed by atoms with E-state index in [4.69, 9.17) is 15.6 Å². The van der Waals surface area contributed by atoms with Crippen molar-refractivity contribution in [3.63, 3.8) is 0 Å². The Kier molecular flexibility index (Phi) is 3.19. The first-order valence-electron chi connectivity index (χ1n) is 5.44. The third kappa shape index (κ3) is 2.43. The van der Waals surface area contributed by atoms with E-state index in [0.29, 0.717) is 11.5 Å². The summed E-state index contributed by atoms with van der Waals surface area (Å²) in [6, 6.07) is 12.1. The van der Waals surface area contributed by atoms with Gasteiger partial charge in [-0.25, -0.2) is 4.79 Å². The Morgan fingerprint density at radius 2 is 1.94 bits per heavy atom. The van der Waals surface area contributed by atoms with Crippen LogP contribution in [0.4, 0.5) is 5.69 Å². The molecule has 0 saturated carbocycles. The van der Waals surface area contributed by atoms with Gasteiger partial charge in [0.1, 0.15) is 11.5 Å². The molecule has 0 spiro atoms. The number of aromatic carboxylic acids is 1. The molecule has 2 rings (SSSR count). The second-order valence-electron chi connectivity index (χ2n) is 3.92. The van der Waals surface area contributed by atoms with Gasteiger partial charge >= 0.3 is 5.97 Å². The third-order valence-corrected chi connectivity index (χ3v) is 2.58. The number of hydrogen-bond donors (Lipinski definition) is 2. The molecule has 2 aromatic rings. The van der Waals surface area contributed by atoms with E-state index in [1.807, 2.05) is 31.2 Å². The van der Waals surface area contributed by atoms with E-state index < -0.39 is 5.97 Å². The zero-order valence-electron chi connectivity index (χ0n) is 9.88. The van der Waals surface area contributed by atoms with Crippen LogP contribution in [0.15, 0.2) is 42.5 Å². The predicted octanol–water partition coefficient (Wildman–Crippen LogP) is 3.07. The fraction of sp³-hybridized carbons (Fsp3) is 0.0714. The molecule has 4 heteroatoms. The minimum absolute atomic E-state index is 0.0427. The van der Waals surface area contributed by atoms with Crippen molar-refractivity contribution >= 4 is 11.7 Å². The topological polar surface area (TPSA) is 72.5 Å². The van der Waals surface area contributed by atoms with Gasteiger partial charge < -0.3 is 15.6 Å². The lowest BCUT2D eigenvalue weighted by molar-refractivity contribution is 0.0697. The maximum absolute atomic E-state index is 11.0. The van der Waals surface area contributed by atoms with Crippen LogP contribution in [-0.4, -0.2) is 11.1 Å². The fourth-order valence-corrected chi connectivity index (χ4v) is 1.58. The Balaban J connectivity index is 2.33. The number of nitrogens with two attached hydrogens (primary N) is 1. The molecule has 0 fully saturated rings. The molecule has 0 aliphatic rings. The van der Waals surface area contributed by atoms with Crippen molar-refractivity contribution in [3.8, 4) is 11.5 Å². The van der Waals surface area contributed by atoms with Gasteiger partial charge in [-0.3, -0.25) is 0 Å². The summed E-state index contributed by atoms with van der Waals surface area (Å²) in [5.41, 5.74) is 6.82. The Morgan fingerprint density at radius 1 is 1.22 bits per heavy atom. The van der Waals surface area contributed by atoms with E-state index in [0.717, 1.165) is 5.56 Å². The number of carboxylic acids is 1. The highest BCUT2D eigenvalue weighted by atomic mass is 16.5. The van der Waals surface area contributed by atoms with Crippen LogP contribution in [0.1, 0.15) is 15.9 Å². The molecule has 0 unspecified atom stereocenters. The first-order valence-corrected chi connectivity index (χ1v) is 5.44. The quantitative estimate of drug-likeness (QED) is 0.812. The van der Waals surface area contributed by atoms with Gasteiger partial charge in [-0.2, -0.15) is 0 Å². The summed E-state index contributed by atoms with van der Waals surface area (Å²) >= 11 is 0. The number of carbonyl (C=O) groups is 1. The molecular formula is C14H13NO3. The molecular weight excluding hydrogens is 230 g/mol. The van der Waals surface area contributed by atoms with Crippen LogP contribution in [0.3, 0.4) is 0 Å². The van der Waals surface area contributed by atoms with Crippen molar-refractivity contribution < 1.29 is 14.6 Å². The van der Waals surface area contributed by atoms with Crippen LogP contribution >= 0.6 is 0 Å². The number of aryl methyl sites for hydroxylation is 1. The zero-order chi connectivity index (χ0) is 13.1. The first-order chi connectivity index (χ1) is 8.58. The summed E-state index contributed by atoms with van der Waals surface area (Å²) in [7, 11) is 0. The molecule has 0 heterocycles. The molecule has 0 aromatic heterocycles. The van der Waals surface area contributed by atoms with Crippen LogP contribution < -0.4 is 10.5 Å². The second kappa shape index (κ2) is 4.79. The van der Waals surface area contributed by atoms with E-state index in [9.17, 15) is 4.79 Å². The highest BCUT2D eigenvalue weighted by molar-refractivity contribution is 5.94. The van der Waals surface area contributed by atoms with Crippen LogP contribution in [0.2, 0.25) is 0 Å². The van der Waals surface area contributed by atoms with E-state index in [2.05, 4.69) is 0 Å². The Morgan fingerprint density at radius 3 is 2.61 bits per heavy atom. The van der Waals surface area contributed by atoms with Gasteiger partial charge in [0.15, 0.2) is 0 Å². The van der Waals surface area contributed by atoms with Crippen molar-refractivity contribution in [3.05, 3.63) is 53.6 Å².